The molecule has 0 spiro atoms. The van der Waals surface area contributed by atoms with Crippen molar-refractivity contribution in [3.8, 4) is 5.75 Å². The number of Topliss-reactive ketones (excluding diaryl/α,β-unsaturated/α-hetero) is 1. The molecule has 0 bridgehead atoms. The summed E-state index contributed by atoms with van der Waals surface area (Å²) in [5.41, 5.74) is 1.39. The van der Waals surface area contributed by atoms with Crippen LogP contribution in [0.4, 0.5) is 0 Å². The highest BCUT2D eigenvalue weighted by Gasteiger charge is 2.38. The van der Waals surface area contributed by atoms with Crippen LogP contribution in [0.2, 0.25) is 0 Å². The summed E-state index contributed by atoms with van der Waals surface area (Å²) in [6.45, 7) is 2.32. The number of hydrogen-bond acceptors (Lipinski definition) is 5. The van der Waals surface area contributed by atoms with Gasteiger partial charge in [0.05, 0.1) is 19.1 Å². The fourth-order valence-electron chi connectivity index (χ4n) is 4.50. The number of carboxylic acids is 1. The van der Waals surface area contributed by atoms with Crippen LogP contribution in [-0.2, 0) is 9.59 Å². The predicted molar refractivity (Wildman–Crippen MR) is 115 cm³/mol. The van der Waals surface area contributed by atoms with E-state index >= 15 is 0 Å². The zero-order chi connectivity index (χ0) is 22.4. The largest absolute Gasteiger partial charge is 0.548 e. The summed E-state index contributed by atoms with van der Waals surface area (Å²) in [7, 11) is 1.62. The molecule has 2 aromatic rings. The van der Waals surface area contributed by atoms with Crippen molar-refractivity contribution in [1.29, 1.82) is 0 Å². The van der Waals surface area contributed by atoms with E-state index in [-0.39, 0.29) is 30.4 Å². The first-order chi connectivity index (χ1) is 15.0. The average molecular weight is 423 g/mol. The maximum Gasteiger partial charge on any atom is 0.295 e. The molecule has 3 atom stereocenters. The highest BCUT2D eigenvalue weighted by molar-refractivity contribution is 6.43. The van der Waals surface area contributed by atoms with Crippen molar-refractivity contribution in [3.05, 3.63) is 65.7 Å². The number of carbonyl (C=O) groups is 3. The molecule has 1 aliphatic heterocycles. The van der Waals surface area contributed by atoms with Crippen molar-refractivity contribution in [2.75, 3.05) is 13.7 Å². The molecule has 0 radical (unpaired) electrons. The van der Waals surface area contributed by atoms with Gasteiger partial charge in [0, 0.05) is 12.1 Å². The first kappa shape index (κ1) is 22.5. The minimum absolute atomic E-state index is 0.0760. The van der Waals surface area contributed by atoms with Crippen LogP contribution in [0.5, 0.6) is 5.75 Å². The first-order valence-corrected chi connectivity index (χ1v) is 10.7. The van der Waals surface area contributed by atoms with Crippen molar-refractivity contribution in [2.24, 2.45) is 5.92 Å². The fraction of sp³-hybridized carbons (Fsp3) is 0.400. The normalized spacial score (nSPS) is 19.5. The number of likely N-dealkylation sites (tertiary alicyclic amines) is 1. The van der Waals surface area contributed by atoms with Crippen LogP contribution in [0.15, 0.2) is 54.6 Å². The topological polar surface area (TPSA) is 86.7 Å². The molecule has 0 N–H and O–H groups in total. The number of benzene rings is 2. The van der Waals surface area contributed by atoms with Crippen molar-refractivity contribution < 1.29 is 24.2 Å². The smallest absolute Gasteiger partial charge is 0.295 e. The maximum atomic E-state index is 12.8. The number of rotatable bonds is 8. The molecule has 2 aromatic carbocycles. The Kier molecular flexibility index (Phi) is 7.45. The molecule has 1 aliphatic rings. The third kappa shape index (κ3) is 5.13. The Hall–Kier alpha value is -3.15. The lowest BCUT2D eigenvalue weighted by molar-refractivity contribution is -0.312. The van der Waals surface area contributed by atoms with Gasteiger partial charge in [-0.25, -0.2) is 0 Å². The molecule has 6 nitrogen and oxygen atoms in total. The van der Waals surface area contributed by atoms with Gasteiger partial charge < -0.3 is 19.5 Å². The lowest BCUT2D eigenvalue weighted by Gasteiger charge is -2.42. The number of ketones is 1. The zero-order valence-electron chi connectivity index (χ0n) is 18.0. The molecular weight excluding hydrogens is 394 g/mol. The van der Waals surface area contributed by atoms with Gasteiger partial charge >= 0.3 is 0 Å². The van der Waals surface area contributed by atoms with Gasteiger partial charge in [-0.3, -0.25) is 9.59 Å². The minimum Gasteiger partial charge on any atom is -0.548 e. The standard InChI is InChI=1S/C25H29NO5/c1-3-7-21(17-10-12-20(31-2)13-11-17)19-14-15-26(22(16-19)25(29)30)24(28)23(27)18-8-5-4-6-9-18/h4-6,8-13,19,21-22H,3,7,14-16H2,1-2H3,(H,29,30)/p-1. The summed E-state index contributed by atoms with van der Waals surface area (Å²) in [6, 6.07) is 15.0. The lowest BCUT2D eigenvalue weighted by atomic mass is 9.75. The number of amides is 1. The second-order valence-electron chi connectivity index (χ2n) is 7.98. The van der Waals surface area contributed by atoms with Gasteiger partial charge in [0.15, 0.2) is 0 Å². The SMILES string of the molecule is CCCC(c1ccc(OC)cc1)C1CCN(C(=O)C(=O)c2ccccc2)C(C(=O)[O-])C1. The zero-order valence-corrected chi connectivity index (χ0v) is 18.0. The number of nitrogens with zero attached hydrogens (tertiary/aromatic N) is 1. The molecule has 0 saturated carbocycles. The summed E-state index contributed by atoms with van der Waals surface area (Å²) in [5, 5.41) is 11.9. The number of aliphatic carboxylic acids is 1. The number of carbonyl (C=O) groups excluding carboxylic acids is 3. The quantitative estimate of drug-likeness (QED) is 0.482. The third-order valence-electron chi connectivity index (χ3n) is 6.12. The molecule has 1 amide bonds. The summed E-state index contributed by atoms with van der Waals surface area (Å²) in [4.78, 5) is 38.5. The molecule has 3 rings (SSSR count). The van der Waals surface area contributed by atoms with Gasteiger partial charge in [-0.2, -0.15) is 0 Å². The lowest BCUT2D eigenvalue weighted by Crippen LogP contribution is -2.56. The Morgan fingerprint density at radius 2 is 1.77 bits per heavy atom. The number of hydrogen-bond donors (Lipinski definition) is 0. The van der Waals surface area contributed by atoms with Gasteiger partial charge in [-0.1, -0.05) is 55.8 Å². The van der Waals surface area contributed by atoms with Crippen LogP contribution in [0.3, 0.4) is 0 Å². The minimum atomic E-state index is -1.32. The van der Waals surface area contributed by atoms with E-state index in [9.17, 15) is 19.5 Å². The van der Waals surface area contributed by atoms with Gasteiger partial charge in [-0.15, -0.1) is 0 Å². The molecular formula is C25H28NO5-. The molecule has 1 heterocycles. The molecule has 0 aliphatic carbocycles. The van der Waals surface area contributed by atoms with E-state index in [1.807, 2.05) is 24.3 Å². The molecule has 1 saturated heterocycles. The van der Waals surface area contributed by atoms with Crippen LogP contribution in [0, 0.1) is 5.92 Å². The summed E-state index contributed by atoms with van der Waals surface area (Å²) in [6.07, 6.45) is 2.77. The highest BCUT2D eigenvalue weighted by Crippen LogP contribution is 2.38. The van der Waals surface area contributed by atoms with E-state index in [0.29, 0.717) is 6.42 Å². The van der Waals surface area contributed by atoms with Crippen molar-refractivity contribution >= 4 is 17.7 Å². The Morgan fingerprint density at radius 1 is 1.10 bits per heavy atom. The maximum absolute atomic E-state index is 12.8. The Morgan fingerprint density at radius 3 is 2.35 bits per heavy atom. The van der Waals surface area contributed by atoms with Crippen molar-refractivity contribution in [1.82, 2.24) is 4.90 Å². The van der Waals surface area contributed by atoms with E-state index in [1.165, 1.54) is 4.90 Å². The van der Waals surface area contributed by atoms with Crippen molar-refractivity contribution in [2.45, 2.75) is 44.6 Å². The molecule has 1 fully saturated rings. The summed E-state index contributed by atoms with van der Waals surface area (Å²) >= 11 is 0. The molecule has 164 valence electrons. The second-order valence-corrected chi connectivity index (χ2v) is 7.98. The predicted octanol–water partition coefficient (Wildman–Crippen LogP) is 2.82. The van der Waals surface area contributed by atoms with Crippen LogP contribution in [0.1, 0.15) is 54.4 Å². The van der Waals surface area contributed by atoms with E-state index in [0.717, 1.165) is 24.2 Å². The number of methoxy groups -OCH3 is 1. The Bertz CT molecular complexity index is 909. The van der Waals surface area contributed by atoms with E-state index in [1.54, 1.807) is 37.4 Å². The van der Waals surface area contributed by atoms with Crippen LogP contribution in [0.25, 0.3) is 0 Å². The first-order valence-electron chi connectivity index (χ1n) is 10.7. The summed E-state index contributed by atoms with van der Waals surface area (Å²) in [5.74, 6) is -1.77. The number of ether oxygens (including phenoxy) is 1. The van der Waals surface area contributed by atoms with Crippen molar-refractivity contribution in [3.63, 3.8) is 0 Å². The van der Waals surface area contributed by atoms with E-state index in [4.69, 9.17) is 4.74 Å². The number of piperidine rings is 1. The third-order valence-corrected chi connectivity index (χ3v) is 6.12. The summed E-state index contributed by atoms with van der Waals surface area (Å²) < 4.78 is 5.24. The molecule has 31 heavy (non-hydrogen) atoms. The highest BCUT2D eigenvalue weighted by atomic mass is 16.5. The molecule has 0 aromatic heterocycles. The van der Waals surface area contributed by atoms with Gasteiger partial charge in [0.25, 0.3) is 5.91 Å². The van der Waals surface area contributed by atoms with E-state index < -0.39 is 23.7 Å². The second kappa shape index (κ2) is 10.2. The van der Waals surface area contributed by atoms with Crippen LogP contribution >= 0.6 is 0 Å². The Labute approximate surface area is 182 Å². The molecule has 3 unspecified atom stereocenters. The van der Waals surface area contributed by atoms with Gasteiger partial charge in [-0.05, 0) is 48.8 Å². The fourth-order valence-corrected chi connectivity index (χ4v) is 4.50. The van der Waals surface area contributed by atoms with Crippen LogP contribution in [-0.4, -0.2) is 42.3 Å². The average Bonchev–Trinajstić information content (AvgIpc) is 2.82. The number of carboxylic acid groups (broad SMARTS) is 1. The Balaban J connectivity index is 1.79. The van der Waals surface area contributed by atoms with Crippen LogP contribution < -0.4 is 9.84 Å². The van der Waals surface area contributed by atoms with Gasteiger partial charge in [0.2, 0.25) is 5.78 Å². The van der Waals surface area contributed by atoms with Gasteiger partial charge in [0.1, 0.15) is 5.75 Å². The molecule has 6 heteroatoms. The monoisotopic (exact) mass is 422 g/mol. The van der Waals surface area contributed by atoms with E-state index in [2.05, 4.69) is 6.92 Å².